The van der Waals surface area contributed by atoms with Gasteiger partial charge in [0, 0.05) is 19.3 Å². The molecule has 0 unspecified atom stereocenters. The first-order chi connectivity index (χ1) is 15.6. The van der Waals surface area contributed by atoms with E-state index in [1.807, 2.05) is 48.5 Å². The average molecular weight is 479 g/mol. The maximum atomic E-state index is 11.1. The molecule has 0 saturated carbocycles. The molecule has 0 aliphatic heterocycles. The van der Waals surface area contributed by atoms with Gasteiger partial charge in [-0.15, -0.1) is 11.6 Å². The van der Waals surface area contributed by atoms with Crippen LogP contribution in [0.15, 0.2) is 48.5 Å². The van der Waals surface area contributed by atoms with Gasteiger partial charge in [-0.05, 0) is 35.4 Å². The molecule has 0 bridgehead atoms. The van der Waals surface area contributed by atoms with Crippen LogP contribution in [0.2, 0.25) is 0 Å². The number of rotatable bonds is 12. The molecule has 7 nitrogen and oxygen atoms in total. The van der Waals surface area contributed by atoms with Crippen molar-refractivity contribution in [2.24, 2.45) is 0 Å². The lowest BCUT2D eigenvalue weighted by atomic mass is 9.78. The summed E-state index contributed by atoms with van der Waals surface area (Å²) in [6.07, 6.45) is -1.39. The van der Waals surface area contributed by atoms with Crippen LogP contribution in [-0.4, -0.2) is 55.0 Å². The minimum Gasteiger partial charge on any atom is -0.491 e. The van der Waals surface area contributed by atoms with E-state index < -0.39 is 24.1 Å². The van der Waals surface area contributed by atoms with Crippen LogP contribution in [0.5, 0.6) is 11.5 Å². The van der Waals surface area contributed by atoms with Gasteiger partial charge >= 0.3 is 11.9 Å². The largest absolute Gasteiger partial charge is 0.491 e. The number of halogens is 1. The molecular weight excluding hydrogens is 448 g/mol. The van der Waals surface area contributed by atoms with Gasteiger partial charge < -0.3 is 24.1 Å². The number of esters is 2. The molecule has 2 rings (SSSR count). The van der Waals surface area contributed by atoms with E-state index in [1.54, 1.807) is 0 Å². The molecule has 2 atom stereocenters. The van der Waals surface area contributed by atoms with Gasteiger partial charge in [-0.25, -0.2) is 0 Å². The van der Waals surface area contributed by atoms with Crippen molar-refractivity contribution in [3.63, 3.8) is 0 Å². The van der Waals surface area contributed by atoms with Crippen LogP contribution < -0.4 is 9.47 Å². The molecule has 1 N–H and O–H groups in total. The summed E-state index contributed by atoms with van der Waals surface area (Å²) in [4.78, 5) is 21.9. The summed E-state index contributed by atoms with van der Waals surface area (Å²) in [6.45, 7) is 6.97. The fourth-order valence-electron chi connectivity index (χ4n) is 3.09. The summed E-state index contributed by atoms with van der Waals surface area (Å²) in [7, 11) is 0. The molecular formula is C25H31ClO7. The molecule has 2 aromatic rings. The highest BCUT2D eigenvalue weighted by Crippen LogP contribution is 2.33. The Bertz CT molecular complexity index is 894. The van der Waals surface area contributed by atoms with Crippen molar-refractivity contribution in [1.82, 2.24) is 0 Å². The Hall–Kier alpha value is -2.77. The van der Waals surface area contributed by atoms with Crippen molar-refractivity contribution in [2.45, 2.75) is 45.3 Å². The third-order valence-electron chi connectivity index (χ3n) is 5.01. The van der Waals surface area contributed by atoms with Gasteiger partial charge in [0.15, 0.2) is 0 Å². The van der Waals surface area contributed by atoms with E-state index >= 15 is 0 Å². The molecule has 8 heteroatoms. The lowest BCUT2D eigenvalue weighted by molar-refractivity contribution is -0.146. The number of alkyl halides is 1. The summed E-state index contributed by atoms with van der Waals surface area (Å²) in [5, 5.41) is 9.79. The van der Waals surface area contributed by atoms with E-state index in [-0.39, 0.29) is 31.1 Å². The van der Waals surface area contributed by atoms with Crippen LogP contribution in [0.25, 0.3) is 0 Å². The van der Waals surface area contributed by atoms with E-state index in [0.717, 1.165) is 11.1 Å². The standard InChI is InChI=1S/C25H31ClO7/c1-17(27)30-14-21(29)15-31-22-9-5-19(6-10-22)25(3,4)20-7-11-23(12-8-20)32-16-24(13-26)33-18(2)28/h5-12,21,24,29H,13-16H2,1-4H3/t21-,24-/m0/s1. The monoisotopic (exact) mass is 478 g/mol. The maximum Gasteiger partial charge on any atom is 0.303 e. The first-order valence-corrected chi connectivity index (χ1v) is 11.2. The number of benzene rings is 2. The van der Waals surface area contributed by atoms with Gasteiger partial charge in [-0.2, -0.15) is 0 Å². The van der Waals surface area contributed by atoms with Crippen LogP contribution in [0.1, 0.15) is 38.8 Å². The normalized spacial score (nSPS) is 13.0. The Balaban J connectivity index is 1.95. The second-order valence-corrected chi connectivity index (χ2v) is 8.45. The first kappa shape index (κ1) is 26.5. The Morgan fingerprint density at radius 2 is 1.33 bits per heavy atom. The smallest absolute Gasteiger partial charge is 0.303 e. The number of hydrogen-bond donors (Lipinski definition) is 1. The van der Waals surface area contributed by atoms with Crippen molar-refractivity contribution < 1.29 is 33.6 Å². The van der Waals surface area contributed by atoms with E-state index in [9.17, 15) is 14.7 Å². The Labute approximate surface area is 199 Å². The van der Waals surface area contributed by atoms with Crippen LogP contribution in [0.3, 0.4) is 0 Å². The minimum atomic E-state index is -0.889. The topological polar surface area (TPSA) is 91.3 Å². The Kier molecular flexibility index (Phi) is 10.0. The van der Waals surface area contributed by atoms with E-state index in [2.05, 4.69) is 13.8 Å². The van der Waals surface area contributed by atoms with Crippen LogP contribution in [0, 0.1) is 0 Å². The second kappa shape index (κ2) is 12.5. The number of aliphatic hydroxyl groups excluding tert-OH is 1. The number of ether oxygens (including phenoxy) is 4. The number of carbonyl (C=O) groups excluding carboxylic acids is 2. The second-order valence-electron chi connectivity index (χ2n) is 8.14. The molecule has 0 saturated heterocycles. The molecule has 0 heterocycles. The maximum absolute atomic E-state index is 11.1. The summed E-state index contributed by atoms with van der Waals surface area (Å²) in [5.74, 6) is 0.600. The van der Waals surface area contributed by atoms with Crippen molar-refractivity contribution in [1.29, 1.82) is 0 Å². The van der Waals surface area contributed by atoms with Crippen LogP contribution in [0.4, 0.5) is 0 Å². The predicted octanol–water partition coefficient (Wildman–Crippen LogP) is 3.86. The van der Waals surface area contributed by atoms with Gasteiger partial charge in [0.2, 0.25) is 0 Å². The number of carbonyl (C=O) groups is 2. The summed E-state index contributed by atoms with van der Waals surface area (Å²) >= 11 is 5.81. The summed E-state index contributed by atoms with van der Waals surface area (Å²) in [6, 6.07) is 15.4. The Morgan fingerprint density at radius 3 is 1.76 bits per heavy atom. The highest BCUT2D eigenvalue weighted by atomic mass is 35.5. The van der Waals surface area contributed by atoms with Gasteiger partial charge in [-0.1, -0.05) is 38.1 Å². The molecule has 0 fully saturated rings. The summed E-state index contributed by atoms with van der Waals surface area (Å²) in [5.41, 5.74) is 1.90. The zero-order chi connectivity index (χ0) is 24.4. The Morgan fingerprint density at radius 1 is 0.848 bits per heavy atom. The lowest BCUT2D eigenvalue weighted by Crippen LogP contribution is -2.25. The highest BCUT2D eigenvalue weighted by molar-refractivity contribution is 6.18. The fourth-order valence-corrected chi connectivity index (χ4v) is 3.24. The summed E-state index contributed by atoms with van der Waals surface area (Å²) < 4.78 is 21.1. The molecule has 0 aromatic heterocycles. The molecule has 0 radical (unpaired) electrons. The molecule has 2 aromatic carbocycles. The van der Waals surface area contributed by atoms with E-state index in [0.29, 0.717) is 11.5 Å². The van der Waals surface area contributed by atoms with Crippen molar-refractivity contribution in [2.75, 3.05) is 25.7 Å². The van der Waals surface area contributed by atoms with Gasteiger partial charge in [0.25, 0.3) is 0 Å². The third kappa shape index (κ3) is 8.59. The molecule has 33 heavy (non-hydrogen) atoms. The van der Waals surface area contributed by atoms with Crippen molar-refractivity contribution in [3.05, 3.63) is 59.7 Å². The van der Waals surface area contributed by atoms with Gasteiger partial charge in [-0.3, -0.25) is 9.59 Å². The average Bonchev–Trinajstić information content (AvgIpc) is 2.79. The van der Waals surface area contributed by atoms with Crippen LogP contribution in [-0.2, 0) is 24.5 Å². The predicted molar refractivity (Wildman–Crippen MR) is 125 cm³/mol. The zero-order valence-electron chi connectivity index (χ0n) is 19.4. The molecule has 180 valence electrons. The third-order valence-corrected chi connectivity index (χ3v) is 5.36. The molecule has 0 aliphatic rings. The van der Waals surface area contributed by atoms with Gasteiger partial charge in [0.05, 0.1) is 5.88 Å². The van der Waals surface area contributed by atoms with E-state index in [4.69, 9.17) is 30.5 Å². The quantitative estimate of drug-likeness (QED) is 0.366. The van der Waals surface area contributed by atoms with Crippen LogP contribution >= 0.6 is 11.6 Å². The zero-order valence-corrected chi connectivity index (χ0v) is 20.1. The van der Waals surface area contributed by atoms with Gasteiger partial charge in [0.1, 0.15) is 43.5 Å². The highest BCUT2D eigenvalue weighted by Gasteiger charge is 2.23. The molecule has 0 amide bonds. The first-order valence-electron chi connectivity index (χ1n) is 10.6. The number of aliphatic hydroxyl groups is 1. The van der Waals surface area contributed by atoms with E-state index in [1.165, 1.54) is 13.8 Å². The van der Waals surface area contributed by atoms with Crippen molar-refractivity contribution in [3.8, 4) is 11.5 Å². The molecule has 0 aliphatic carbocycles. The number of hydrogen-bond acceptors (Lipinski definition) is 7. The molecule has 0 spiro atoms. The fraction of sp³-hybridized carbons (Fsp3) is 0.440. The minimum absolute atomic E-state index is 0.0273. The van der Waals surface area contributed by atoms with Crippen molar-refractivity contribution >= 4 is 23.5 Å². The lowest BCUT2D eigenvalue weighted by Gasteiger charge is -2.26. The SMILES string of the molecule is CC(=O)OC[C@H](O)COc1ccc(C(C)(C)c2ccc(OC[C@H](CCl)OC(C)=O)cc2)cc1.